The molecule has 0 spiro atoms. The topological polar surface area (TPSA) is 17.1 Å². The van der Waals surface area contributed by atoms with Gasteiger partial charge in [0, 0.05) is 12.3 Å². The lowest BCUT2D eigenvalue weighted by molar-refractivity contribution is -0.121. The Morgan fingerprint density at radius 3 is 2.90 bits per heavy atom. The van der Waals surface area contributed by atoms with Gasteiger partial charge in [-0.25, -0.2) is 0 Å². The first-order chi connectivity index (χ1) is 4.75. The molecule has 0 aromatic rings. The Balaban J connectivity index is 2.71. The largest absolute Gasteiger partial charge is 0.299 e. The first-order valence-corrected chi connectivity index (χ1v) is 4.75. The molecule has 10 heavy (non-hydrogen) atoms. The van der Waals surface area contributed by atoms with E-state index in [2.05, 4.69) is 6.08 Å². The van der Waals surface area contributed by atoms with E-state index in [1.807, 2.05) is 13.2 Å². The van der Waals surface area contributed by atoms with Crippen molar-refractivity contribution in [1.82, 2.24) is 0 Å². The van der Waals surface area contributed by atoms with Crippen molar-refractivity contribution >= 4 is 17.5 Å². The molecule has 0 amide bonds. The van der Waals surface area contributed by atoms with Crippen LogP contribution in [0.3, 0.4) is 0 Å². The van der Waals surface area contributed by atoms with Crippen molar-refractivity contribution in [2.75, 3.05) is 6.26 Å². The van der Waals surface area contributed by atoms with Gasteiger partial charge in [0.2, 0.25) is 0 Å². The average Bonchev–Trinajstić information content (AvgIpc) is 1.95. The van der Waals surface area contributed by atoms with Crippen LogP contribution < -0.4 is 0 Å². The number of rotatable bonds is 1. The van der Waals surface area contributed by atoms with Crippen LogP contribution in [-0.2, 0) is 4.79 Å². The second-order valence-electron chi connectivity index (χ2n) is 2.54. The summed E-state index contributed by atoms with van der Waals surface area (Å²) in [6.45, 7) is 1.99. The van der Waals surface area contributed by atoms with Crippen molar-refractivity contribution in [2.45, 2.75) is 19.8 Å². The molecule has 0 N–H and O–H groups in total. The summed E-state index contributed by atoms with van der Waals surface area (Å²) in [5, 5.41) is 0. The van der Waals surface area contributed by atoms with Crippen LogP contribution in [-0.4, -0.2) is 12.0 Å². The molecule has 1 aliphatic rings. The zero-order chi connectivity index (χ0) is 7.56. The van der Waals surface area contributed by atoms with E-state index in [1.54, 1.807) is 11.8 Å². The van der Waals surface area contributed by atoms with Gasteiger partial charge in [0.1, 0.15) is 5.78 Å². The molecule has 0 fully saturated rings. The molecule has 1 nitrogen and oxygen atoms in total. The van der Waals surface area contributed by atoms with Crippen LogP contribution in [0.5, 0.6) is 0 Å². The molecule has 0 heterocycles. The van der Waals surface area contributed by atoms with Gasteiger partial charge in [-0.15, -0.1) is 11.8 Å². The van der Waals surface area contributed by atoms with Gasteiger partial charge in [-0.1, -0.05) is 13.0 Å². The monoisotopic (exact) mass is 156 g/mol. The molecule has 0 saturated carbocycles. The standard InChI is InChI=1S/C8H12OS/c1-6-7(9)4-3-5-8(6)10-2/h5-6H,3-4H2,1-2H3. The normalized spacial score (nSPS) is 26.4. The molecule has 0 bridgehead atoms. The van der Waals surface area contributed by atoms with E-state index in [0.717, 1.165) is 12.8 Å². The van der Waals surface area contributed by atoms with E-state index in [0.29, 0.717) is 5.78 Å². The molecule has 0 saturated heterocycles. The first-order valence-electron chi connectivity index (χ1n) is 3.52. The van der Waals surface area contributed by atoms with Crippen LogP contribution in [0.4, 0.5) is 0 Å². The Morgan fingerprint density at radius 2 is 2.40 bits per heavy atom. The fourth-order valence-electron chi connectivity index (χ4n) is 1.17. The molecule has 0 radical (unpaired) electrons. The minimum absolute atomic E-state index is 0.170. The third-order valence-electron chi connectivity index (χ3n) is 1.88. The summed E-state index contributed by atoms with van der Waals surface area (Å²) in [4.78, 5) is 12.4. The lowest BCUT2D eigenvalue weighted by Crippen LogP contribution is -2.15. The molecule has 2 heteroatoms. The average molecular weight is 156 g/mol. The first kappa shape index (κ1) is 7.86. The molecule has 1 rings (SSSR count). The fourth-order valence-corrected chi connectivity index (χ4v) is 1.94. The highest BCUT2D eigenvalue weighted by atomic mass is 32.2. The van der Waals surface area contributed by atoms with Crippen molar-refractivity contribution in [1.29, 1.82) is 0 Å². The summed E-state index contributed by atoms with van der Waals surface area (Å²) in [6.07, 6.45) is 5.89. The number of carbonyl (C=O) groups is 1. The Hall–Kier alpha value is -0.240. The van der Waals surface area contributed by atoms with E-state index < -0.39 is 0 Å². The van der Waals surface area contributed by atoms with Crippen LogP contribution >= 0.6 is 11.8 Å². The van der Waals surface area contributed by atoms with Gasteiger partial charge < -0.3 is 0 Å². The number of hydrogen-bond donors (Lipinski definition) is 0. The third kappa shape index (κ3) is 1.43. The maximum atomic E-state index is 11.1. The number of allylic oxidation sites excluding steroid dienone is 2. The highest BCUT2D eigenvalue weighted by Gasteiger charge is 2.19. The molecule has 1 aliphatic carbocycles. The van der Waals surface area contributed by atoms with Crippen molar-refractivity contribution in [3.8, 4) is 0 Å². The number of carbonyl (C=O) groups excluding carboxylic acids is 1. The molecule has 56 valence electrons. The smallest absolute Gasteiger partial charge is 0.140 e. The molecule has 0 aromatic carbocycles. The number of Topliss-reactive ketones (excluding diaryl/α,β-unsaturated/α-hetero) is 1. The number of hydrogen-bond acceptors (Lipinski definition) is 2. The second-order valence-corrected chi connectivity index (χ2v) is 3.42. The highest BCUT2D eigenvalue weighted by Crippen LogP contribution is 2.28. The van der Waals surface area contributed by atoms with Gasteiger partial charge in [0.15, 0.2) is 0 Å². The summed E-state index contributed by atoms with van der Waals surface area (Å²) >= 11 is 1.70. The molecular weight excluding hydrogens is 144 g/mol. The highest BCUT2D eigenvalue weighted by molar-refractivity contribution is 8.02. The van der Waals surface area contributed by atoms with Gasteiger partial charge in [-0.2, -0.15) is 0 Å². The summed E-state index contributed by atoms with van der Waals surface area (Å²) < 4.78 is 0. The summed E-state index contributed by atoms with van der Waals surface area (Å²) in [5.41, 5.74) is 0. The van der Waals surface area contributed by atoms with Crippen LogP contribution in [0.25, 0.3) is 0 Å². The zero-order valence-electron chi connectivity index (χ0n) is 6.39. The van der Waals surface area contributed by atoms with Crippen LogP contribution in [0.2, 0.25) is 0 Å². The quantitative estimate of drug-likeness (QED) is 0.579. The summed E-state index contributed by atoms with van der Waals surface area (Å²) in [6, 6.07) is 0. The summed E-state index contributed by atoms with van der Waals surface area (Å²) in [7, 11) is 0. The van der Waals surface area contributed by atoms with Crippen LogP contribution in [0.15, 0.2) is 11.0 Å². The molecule has 1 unspecified atom stereocenters. The Kier molecular flexibility index (Phi) is 2.55. The Morgan fingerprint density at radius 1 is 1.70 bits per heavy atom. The predicted octanol–water partition coefficient (Wildman–Crippen LogP) is 2.23. The van der Waals surface area contributed by atoms with Gasteiger partial charge in [-0.3, -0.25) is 4.79 Å². The van der Waals surface area contributed by atoms with E-state index in [1.165, 1.54) is 4.91 Å². The van der Waals surface area contributed by atoms with Gasteiger partial charge in [0.25, 0.3) is 0 Å². The van der Waals surface area contributed by atoms with E-state index >= 15 is 0 Å². The second kappa shape index (κ2) is 3.24. The van der Waals surface area contributed by atoms with E-state index in [9.17, 15) is 4.79 Å². The van der Waals surface area contributed by atoms with Crippen molar-refractivity contribution in [3.05, 3.63) is 11.0 Å². The predicted molar refractivity (Wildman–Crippen MR) is 45.0 cm³/mol. The number of thioether (sulfide) groups is 1. The van der Waals surface area contributed by atoms with Crippen molar-refractivity contribution in [3.63, 3.8) is 0 Å². The lowest BCUT2D eigenvalue weighted by atomic mass is 9.96. The molecule has 1 atom stereocenters. The lowest BCUT2D eigenvalue weighted by Gasteiger charge is -2.16. The molecule has 0 aliphatic heterocycles. The van der Waals surface area contributed by atoms with E-state index in [-0.39, 0.29) is 5.92 Å². The summed E-state index contributed by atoms with van der Waals surface area (Å²) in [5.74, 6) is 0.565. The SMILES string of the molecule is CSC1=CCCC(=O)C1C. The minimum atomic E-state index is 0.170. The third-order valence-corrected chi connectivity index (χ3v) is 2.87. The Labute approximate surface area is 65.9 Å². The number of ketones is 1. The van der Waals surface area contributed by atoms with Gasteiger partial charge in [0.05, 0.1) is 0 Å². The zero-order valence-corrected chi connectivity index (χ0v) is 7.20. The van der Waals surface area contributed by atoms with Crippen molar-refractivity contribution in [2.24, 2.45) is 5.92 Å². The molecule has 0 aromatic heterocycles. The van der Waals surface area contributed by atoms with Gasteiger partial charge >= 0.3 is 0 Å². The Bertz CT molecular complexity index is 172. The maximum Gasteiger partial charge on any atom is 0.140 e. The van der Waals surface area contributed by atoms with E-state index in [4.69, 9.17) is 0 Å². The molecular formula is C8H12OS. The van der Waals surface area contributed by atoms with Crippen LogP contribution in [0, 0.1) is 5.92 Å². The van der Waals surface area contributed by atoms with Gasteiger partial charge in [-0.05, 0) is 17.6 Å². The maximum absolute atomic E-state index is 11.1. The fraction of sp³-hybridized carbons (Fsp3) is 0.625. The van der Waals surface area contributed by atoms with Crippen LogP contribution in [0.1, 0.15) is 19.8 Å². The van der Waals surface area contributed by atoms with Crippen molar-refractivity contribution < 1.29 is 4.79 Å². The minimum Gasteiger partial charge on any atom is -0.299 e.